The zero-order valence-corrected chi connectivity index (χ0v) is 12.3. The lowest BCUT2D eigenvalue weighted by Gasteiger charge is -2.37. The molecule has 1 aromatic heterocycles. The van der Waals surface area contributed by atoms with Crippen molar-refractivity contribution in [1.82, 2.24) is 4.98 Å². The lowest BCUT2D eigenvalue weighted by molar-refractivity contribution is -0.139. The summed E-state index contributed by atoms with van der Waals surface area (Å²) < 4.78 is 4.69. The van der Waals surface area contributed by atoms with Crippen molar-refractivity contribution in [3.05, 3.63) is 23.9 Å². The lowest BCUT2D eigenvalue weighted by atomic mass is 9.89. The van der Waals surface area contributed by atoms with Crippen LogP contribution in [-0.2, 0) is 9.53 Å². The van der Waals surface area contributed by atoms with Gasteiger partial charge in [0.15, 0.2) is 0 Å². The number of carbonyl (C=O) groups excluding carboxylic acids is 1. The number of esters is 1. The summed E-state index contributed by atoms with van der Waals surface area (Å²) in [4.78, 5) is 29.1. The van der Waals surface area contributed by atoms with Crippen LogP contribution >= 0.6 is 0 Å². The fraction of sp³-hybridized carbons (Fsp3) is 0.533. The number of aliphatic carboxylic acids is 1. The minimum atomic E-state index is -0.849. The molecular formula is C15H20N2O4. The SMILES string of the molecule is CCC1CCN(c2cc(C(=O)OC)ccn2)C(C(=O)O)C1. The van der Waals surface area contributed by atoms with Crippen molar-refractivity contribution in [2.75, 3.05) is 18.6 Å². The number of carboxylic acids is 1. The summed E-state index contributed by atoms with van der Waals surface area (Å²) in [6.45, 7) is 2.71. The second-order valence-corrected chi connectivity index (χ2v) is 5.24. The second-order valence-electron chi connectivity index (χ2n) is 5.24. The number of anilines is 1. The molecule has 1 saturated heterocycles. The minimum absolute atomic E-state index is 0.379. The van der Waals surface area contributed by atoms with E-state index in [4.69, 9.17) is 0 Å². The molecule has 1 fully saturated rings. The maximum absolute atomic E-state index is 11.6. The molecule has 0 saturated carbocycles. The number of methoxy groups -OCH3 is 1. The summed E-state index contributed by atoms with van der Waals surface area (Å²) in [6.07, 6.45) is 4.03. The van der Waals surface area contributed by atoms with E-state index >= 15 is 0 Å². The van der Waals surface area contributed by atoms with Gasteiger partial charge in [0.25, 0.3) is 0 Å². The van der Waals surface area contributed by atoms with Crippen LogP contribution in [0.1, 0.15) is 36.5 Å². The monoisotopic (exact) mass is 292 g/mol. The first-order valence-electron chi connectivity index (χ1n) is 7.10. The molecule has 0 radical (unpaired) electrons. The highest BCUT2D eigenvalue weighted by Crippen LogP contribution is 2.29. The van der Waals surface area contributed by atoms with Crippen molar-refractivity contribution in [1.29, 1.82) is 0 Å². The Hall–Kier alpha value is -2.11. The average molecular weight is 292 g/mol. The lowest BCUT2D eigenvalue weighted by Crippen LogP contribution is -2.47. The molecule has 0 spiro atoms. The topological polar surface area (TPSA) is 79.7 Å². The van der Waals surface area contributed by atoms with Crippen LogP contribution in [0, 0.1) is 5.92 Å². The largest absolute Gasteiger partial charge is 0.480 e. The third-order valence-electron chi connectivity index (χ3n) is 4.03. The van der Waals surface area contributed by atoms with Gasteiger partial charge in [-0.25, -0.2) is 14.6 Å². The summed E-state index contributed by atoms with van der Waals surface area (Å²) in [5.41, 5.74) is 0.379. The maximum Gasteiger partial charge on any atom is 0.338 e. The Labute approximate surface area is 123 Å². The molecule has 0 amide bonds. The van der Waals surface area contributed by atoms with E-state index in [1.807, 2.05) is 0 Å². The zero-order chi connectivity index (χ0) is 15.4. The van der Waals surface area contributed by atoms with E-state index in [0.29, 0.717) is 30.3 Å². The van der Waals surface area contributed by atoms with Gasteiger partial charge in [0.05, 0.1) is 12.7 Å². The highest BCUT2D eigenvalue weighted by Gasteiger charge is 2.33. The van der Waals surface area contributed by atoms with E-state index in [1.54, 1.807) is 17.0 Å². The molecule has 1 aliphatic heterocycles. The Bertz CT molecular complexity index is 532. The molecule has 1 aliphatic rings. The fourth-order valence-corrected chi connectivity index (χ4v) is 2.74. The molecule has 114 valence electrons. The Morgan fingerprint density at radius 3 is 2.90 bits per heavy atom. The van der Waals surface area contributed by atoms with Crippen LogP contribution in [-0.4, -0.2) is 41.7 Å². The summed E-state index contributed by atoms with van der Waals surface area (Å²) >= 11 is 0. The minimum Gasteiger partial charge on any atom is -0.480 e. The normalized spacial score (nSPS) is 21.9. The van der Waals surface area contributed by atoms with Crippen molar-refractivity contribution in [3.8, 4) is 0 Å². The number of hydrogen-bond donors (Lipinski definition) is 1. The summed E-state index contributed by atoms with van der Waals surface area (Å²) in [6, 6.07) is 2.56. The van der Waals surface area contributed by atoms with Crippen LogP contribution in [0.3, 0.4) is 0 Å². The van der Waals surface area contributed by atoms with Gasteiger partial charge in [-0.3, -0.25) is 0 Å². The van der Waals surface area contributed by atoms with Crippen LogP contribution < -0.4 is 4.90 Å². The first kappa shape index (κ1) is 15.3. The number of pyridine rings is 1. The van der Waals surface area contributed by atoms with Crippen molar-refractivity contribution < 1.29 is 19.4 Å². The van der Waals surface area contributed by atoms with Gasteiger partial charge in [0.2, 0.25) is 0 Å². The fourth-order valence-electron chi connectivity index (χ4n) is 2.74. The Morgan fingerprint density at radius 2 is 2.29 bits per heavy atom. The highest BCUT2D eigenvalue weighted by atomic mass is 16.5. The maximum atomic E-state index is 11.6. The number of rotatable bonds is 4. The van der Waals surface area contributed by atoms with Gasteiger partial charge in [0.1, 0.15) is 11.9 Å². The van der Waals surface area contributed by atoms with E-state index in [0.717, 1.165) is 12.8 Å². The van der Waals surface area contributed by atoms with Crippen molar-refractivity contribution in [2.45, 2.75) is 32.2 Å². The van der Waals surface area contributed by atoms with Crippen LogP contribution in [0.15, 0.2) is 18.3 Å². The number of ether oxygens (including phenoxy) is 1. The van der Waals surface area contributed by atoms with Gasteiger partial charge in [-0.15, -0.1) is 0 Å². The number of nitrogens with zero attached hydrogens (tertiary/aromatic N) is 2. The van der Waals surface area contributed by atoms with Crippen LogP contribution in [0.25, 0.3) is 0 Å². The van der Waals surface area contributed by atoms with Crippen LogP contribution in [0.4, 0.5) is 5.82 Å². The third kappa shape index (κ3) is 3.32. The molecule has 2 heterocycles. The third-order valence-corrected chi connectivity index (χ3v) is 4.03. The molecule has 2 atom stereocenters. The molecule has 6 nitrogen and oxygen atoms in total. The van der Waals surface area contributed by atoms with E-state index in [-0.39, 0.29) is 0 Å². The zero-order valence-electron chi connectivity index (χ0n) is 12.3. The average Bonchev–Trinajstić information content (AvgIpc) is 2.53. The van der Waals surface area contributed by atoms with Gasteiger partial charge in [-0.1, -0.05) is 13.3 Å². The summed E-state index contributed by atoms with van der Waals surface area (Å²) in [5.74, 6) is -0.363. The van der Waals surface area contributed by atoms with Gasteiger partial charge in [-0.2, -0.15) is 0 Å². The van der Waals surface area contributed by atoms with Gasteiger partial charge in [0, 0.05) is 12.7 Å². The van der Waals surface area contributed by atoms with E-state index in [9.17, 15) is 14.7 Å². The molecule has 1 aromatic rings. The summed E-state index contributed by atoms with van der Waals surface area (Å²) in [7, 11) is 1.31. The molecule has 6 heteroatoms. The van der Waals surface area contributed by atoms with Crippen molar-refractivity contribution in [3.63, 3.8) is 0 Å². The van der Waals surface area contributed by atoms with Crippen molar-refractivity contribution >= 4 is 17.8 Å². The molecule has 0 aliphatic carbocycles. The predicted molar refractivity (Wildman–Crippen MR) is 77.4 cm³/mol. The highest BCUT2D eigenvalue weighted by molar-refractivity contribution is 5.90. The number of carbonyl (C=O) groups is 2. The number of carboxylic acid groups (broad SMARTS) is 1. The first-order chi connectivity index (χ1) is 10.1. The van der Waals surface area contributed by atoms with Gasteiger partial charge < -0.3 is 14.7 Å². The van der Waals surface area contributed by atoms with E-state index in [1.165, 1.54) is 13.3 Å². The molecule has 0 aromatic carbocycles. The van der Waals surface area contributed by atoms with Crippen LogP contribution in [0.5, 0.6) is 0 Å². The Morgan fingerprint density at radius 1 is 1.52 bits per heavy atom. The molecule has 0 bridgehead atoms. The second kappa shape index (κ2) is 6.56. The number of piperidine rings is 1. The molecule has 2 unspecified atom stereocenters. The quantitative estimate of drug-likeness (QED) is 0.854. The smallest absolute Gasteiger partial charge is 0.338 e. The standard InChI is InChI=1S/C15H20N2O4/c1-3-10-5-7-17(12(8-10)14(18)19)13-9-11(4-6-16-13)15(20)21-2/h4,6,9-10,12H,3,5,7-8H2,1-2H3,(H,18,19). The van der Waals surface area contributed by atoms with E-state index < -0.39 is 18.0 Å². The predicted octanol–water partition coefficient (Wildman–Crippen LogP) is 1.95. The van der Waals surface area contributed by atoms with Crippen molar-refractivity contribution in [2.24, 2.45) is 5.92 Å². The Kier molecular flexibility index (Phi) is 4.77. The number of hydrogen-bond acceptors (Lipinski definition) is 5. The first-order valence-corrected chi connectivity index (χ1v) is 7.10. The van der Waals surface area contributed by atoms with E-state index in [2.05, 4.69) is 16.6 Å². The number of aromatic nitrogens is 1. The molecule has 1 N–H and O–H groups in total. The molecule has 2 rings (SSSR count). The van der Waals surface area contributed by atoms with Crippen LogP contribution in [0.2, 0.25) is 0 Å². The Balaban J connectivity index is 2.27. The summed E-state index contributed by atoms with van der Waals surface area (Å²) in [5, 5.41) is 9.45. The van der Waals surface area contributed by atoms with Gasteiger partial charge >= 0.3 is 11.9 Å². The van der Waals surface area contributed by atoms with Gasteiger partial charge in [-0.05, 0) is 30.9 Å². The molecule has 21 heavy (non-hydrogen) atoms. The molecular weight excluding hydrogens is 272 g/mol.